The van der Waals surface area contributed by atoms with E-state index in [1.165, 1.54) is 6.07 Å². The Morgan fingerprint density at radius 2 is 1.68 bits per heavy atom. The van der Waals surface area contributed by atoms with Gasteiger partial charge in [-0.25, -0.2) is 0 Å². The Balaban J connectivity index is 2.03. The van der Waals surface area contributed by atoms with Crippen LogP contribution in [0.25, 0.3) is 0 Å². The summed E-state index contributed by atoms with van der Waals surface area (Å²) in [4.78, 5) is 25.0. The summed E-state index contributed by atoms with van der Waals surface area (Å²) in [6.07, 6.45) is 0. The number of hydrogen-bond donors (Lipinski definition) is 2. The molecule has 2 aromatic rings. The molecule has 0 aromatic heterocycles. The molecule has 0 saturated carbocycles. The van der Waals surface area contributed by atoms with Crippen LogP contribution in [0.3, 0.4) is 0 Å². The molecule has 1 unspecified atom stereocenters. The molecule has 0 fully saturated rings. The maximum Gasteiger partial charge on any atom is 0.387 e. The Morgan fingerprint density at radius 3 is 2.29 bits per heavy atom. The zero-order valence-electron chi connectivity index (χ0n) is 16.0. The van der Waals surface area contributed by atoms with E-state index in [0.29, 0.717) is 11.1 Å². The minimum absolute atomic E-state index is 0.00240. The molecule has 7 heteroatoms. The van der Waals surface area contributed by atoms with Gasteiger partial charge in [0.25, 0.3) is 5.91 Å². The summed E-state index contributed by atoms with van der Waals surface area (Å²) in [6, 6.07) is 12.5. The Bertz CT molecular complexity index is 808. The van der Waals surface area contributed by atoms with Crippen LogP contribution in [0.15, 0.2) is 48.5 Å². The third kappa shape index (κ3) is 6.04. The molecular formula is C21H24F2N2O3. The number of amides is 2. The van der Waals surface area contributed by atoms with E-state index < -0.39 is 18.6 Å². The Morgan fingerprint density at radius 1 is 1.04 bits per heavy atom. The van der Waals surface area contributed by atoms with Crippen LogP contribution in [0.1, 0.15) is 35.3 Å². The SMILES string of the molecule is Cc1ccc(C(=O)NC(C(=O)NCc2ccccc2OC(F)F)C(C)C)cc1. The van der Waals surface area contributed by atoms with Crippen molar-refractivity contribution in [1.29, 1.82) is 0 Å². The Labute approximate surface area is 163 Å². The third-order valence-electron chi connectivity index (χ3n) is 4.19. The first-order chi connectivity index (χ1) is 13.3. The number of hydrogen-bond acceptors (Lipinski definition) is 3. The van der Waals surface area contributed by atoms with Gasteiger partial charge in [-0.3, -0.25) is 9.59 Å². The van der Waals surface area contributed by atoms with Gasteiger partial charge in [0, 0.05) is 17.7 Å². The Hall–Kier alpha value is -2.96. The lowest BCUT2D eigenvalue weighted by molar-refractivity contribution is -0.124. The Kier molecular flexibility index (Phi) is 7.49. The minimum atomic E-state index is -2.95. The molecule has 0 aliphatic heterocycles. The maximum absolute atomic E-state index is 12.6. The number of ether oxygens (including phenoxy) is 1. The molecule has 150 valence electrons. The first kappa shape index (κ1) is 21.3. The average Bonchev–Trinajstić information content (AvgIpc) is 2.64. The van der Waals surface area contributed by atoms with Gasteiger partial charge in [-0.05, 0) is 31.0 Å². The van der Waals surface area contributed by atoms with Gasteiger partial charge in [0.15, 0.2) is 0 Å². The highest BCUT2D eigenvalue weighted by Crippen LogP contribution is 2.20. The van der Waals surface area contributed by atoms with Gasteiger partial charge in [-0.2, -0.15) is 8.78 Å². The summed E-state index contributed by atoms with van der Waals surface area (Å²) >= 11 is 0. The van der Waals surface area contributed by atoms with E-state index in [-0.39, 0.29) is 24.1 Å². The zero-order chi connectivity index (χ0) is 20.7. The molecule has 0 aliphatic rings. The largest absolute Gasteiger partial charge is 0.434 e. The number of alkyl halides is 2. The minimum Gasteiger partial charge on any atom is -0.434 e. The first-order valence-electron chi connectivity index (χ1n) is 8.96. The zero-order valence-corrected chi connectivity index (χ0v) is 16.0. The molecule has 2 aromatic carbocycles. The molecule has 0 spiro atoms. The van der Waals surface area contributed by atoms with Crippen LogP contribution in [0.4, 0.5) is 8.78 Å². The number of aryl methyl sites for hydroxylation is 1. The number of carbonyl (C=O) groups is 2. The van der Waals surface area contributed by atoms with Gasteiger partial charge in [-0.1, -0.05) is 49.7 Å². The molecule has 0 aliphatic carbocycles. The molecule has 0 bridgehead atoms. The summed E-state index contributed by atoms with van der Waals surface area (Å²) in [5.41, 5.74) is 1.91. The lowest BCUT2D eigenvalue weighted by atomic mass is 10.0. The number of halogens is 2. The second kappa shape index (κ2) is 9.82. The molecule has 2 amide bonds. The van der Waals surface area contributed by atoms with Gasteiger partial charge >= 0.3 is 6.61 Å². The normalized spacial score (nSPS) is 12.0. The summed E-state index contributed by atoms with van der Waals surface area (Å²) in [7, 11) is 0. The molecule has 1 atom stereocenters. The summed E-state index contributed by atoms with van der Waals surface area (Å²) < 4.78 is 29.5. The van der Waals surface area contributed by atoms with Gasteiger partial charge in [0.05, 0.1) is 0 Å². The van der Waals surface area contributed by atoms with Crippen molar-refractivity contribution in [3.63, 3.8) is 0 Å². The van der Waals surface area contributed by atoms with Crippen molar-refractivity contribution in [3.8, 4) is 5.75 Å². The van der Waals surface area contributed by atoms with E-state index in [4.69, 9.17) is 0 Å². The van der Waals surface area contributed by atoms with E-state index in [9.17, 15) is 18.4 Å². The van der Waals surface area contributed by atoms with Crippen LogP contribution in [0.2, 0.25) is 0 Å². The molecule has 0 radical (unpaired) electrons. The predicted molar refractivity (Wildman–Crippen MR) is 102 cm³/mol. The fraction of sp³-hybridized carbons (Fsp3) is 0.333. The van der Waals surface area contributed by atoms with Crippen molar-refractivity contribution in [2.24, 2.45) is 5.92 Å². The molecule has 5 nitrogen and oxygen atoms in total. The number of nitrogens with one attached hydrogen (secondary N) is 2. The van der Waals surface area contributed by atoms with E-state index in [1.54, 1.807) is 30.3 Å². The highest BCUT2D eigenvalue weighted by atomic mass is 19.3. The summed E-state index contributed by atoms with van der Waals surface area (Å²) in [5.74, 6) is -0.915. The van der Waals surface area contributed by atoms with Crippen LogP contribution in [-0.2, 0) is 11.3 Å². The van der Waals surface area contributed by atoms with E-state index in [1.807, 2.05) is 32.9 Å². The smallest absolute Gasteiger partial charge is 0.387 e. The number of benzene rings is 2. The fourth-order valence-electron chi connectivity index (χ4n) is 2.62. The molecule has 0 saturated heterocycles. The average molecular weight is 390 g/mol. The van der Waals surface area contributed by atoms with Crippen molar-refractivity contribution >= 4 is 11.8 Å². The number of carbonyl (C=O) groups excluding carboxylic acids is 2. The van der Waals surface area contributed by atoms with Crippen molar-refractivity contribution in [1.82, 2.24) is 10.6 Å². The van der Waals surface area contributed by atoms with Gasteiger partial charge in [0.2, 0.25) is 5.91 Å². The summed E-state index contributed by atoms with van der Waals surface area (Å²) in [6.45, 7) is 2.60. The van der Waals surface area contributed by atoms with Gasteiger partial charge in [0.1, 0.15) is 11.8 Å². The van der Waals surface area contributed by atoms with E-state index >= 15 is 0 Å². The first-order valence-corrected chi connectivity index (χ1v) is 8.96. The lowest BCUT2D eigenvalue weighted by Crippen LogP contribution is -2.49. The number of para-hydroxylation sites is 1. The van der Waals surface area contributed by atoms with Crippen molar-refractivity contribution < 1.29 is 23.1 Å². The lowest BCUT2D eigenvalue weighted by Gasteiger charge is -2.22. The van der Waals surface area contributed by atoms with Crippen molar-refractivity contribution in [2.45, 2.75) is 40.0 Å². The predicted octanol–water partition coefficient (Wildman–Crippen LogP) is 3.67. The molecule has 28 heavy (non-hydrogen) atoms. The quantitative estimate of drug-likeness (QED) is 0.723. The van der Waals surface area contributed by atoms with E-state index in [0.717, 1.165) is 5.56 Å². The van der Waals surface area contributed by atoms with Gasteiger partial charge < -0.3 is 15.4 Å². The maximum atomic E-state index is 12.6. The van der Waals surface area contributed by atoms with Crippen molar-refractivity contribution in [3.05, 3.63) is 65.2 Å². The van der Waals surface area contributed by atoms with Crippen molar-refractivity contribution in [2.75, 3.05) is 0 Å². The van der Waals surface area contributed by atoms with Crippen LogP contribution < -0.4 is 15.4 Å². The molecule has 2 rings (SSSR count). The monoisotopic (exact) mass is 390 g/mol. The number of rotatable bonds is 8. The highest BCUT2D eigenvalue weighted by molar-refractivity contribution is 5.97. The van der Waals surface area contributed by atoms with E-state index in [2.05, 4.69) is 15.4 Å². The fourth-order valence-corrected chi connectivity index (χ4v) is 2.62. The van der Waals surface area contributed by atoms with Gasteiger partial charge in [-0.15, -0.1) is 0 Å². The summed E-state index contributed by atoms with van der Waals surface area (Å²) in [5, 5.41) is 5.41. The van der Waals surface area contributed by atoms with Crippen LogP contribution >= 0.6 is 0 Å². The van der Waals surface area contributed by atoms with Crippen LogP contribution in [-0.4, -0.2) is 24.5 Å². The standard InChI is InChI=1S/C21H24F2N2O3/c1-13(2)18(25-19(26)15-10-8-14(3)9-11-15)20(27)24-12-16-6-4-5-7-17(16)28-21(22)23/h4-11,13,18,21H,12H2,1-3H3,(H,24,27)(H,25,26). The third-order valence-corrected chi connectivity index (χ3v) is 4.19. The molecule has 2 N–H and O–H groups in total. The van der Waals surface area contributed by atoms with Crippen LogP contribution in [0, 0.1) is 12.8 Å². The van der Waals surface area contributed by atoms with Crippen LogP contribution in [0.5, 0.6) is 5.75 Å². The molecular weight excluding hydrogens is 366 g/mol. The molecule has 0 heterocycles. The highest BCUT2D eigenvalue weighted by Gasteiger charge is 2.24. The second-order valence-electron chi connectivity index (χ2n) is 6.77. The topological polar surface area (TPSA) is 67.4 Å². The second-order valence-corrected chi connectivity index (χ2v) is 6.77.